The first-order chi connectivity index (χ1) is 6.60. The van der Waals surface area contributed by atoms with Crippen LogP contribution >= 0.6 is 11.8 Å². The van der Waals surface area contributed by atoms with Gasteiger partial charge < -0.3 is 0 Å². The van der Waals surface area contributed by atoms with E-state index in [0.29, 0.717) is 0 Å². The molecule has 1 rings (SSSR count). The first-order valence-corrected chi connectivity index (χ1v) is 4.99. The average molecular weight is 202 g/mol. The Morgan fingerprint density at radius 3 is 2.14 bits per heavy atom. The molecule has 0 N–H and O–H groups in total. The topological polar surface area (TPSA) is 47.6 Å². The highest BCUT2D eigenvalue weighted by atomic mass is 32.2. The molecule has 0 aliphatic rings. The number of hydrogen-bond donors (Lipinski definition) is 0. The van der Waals surface area contributed by atoms with E-state index in [1.165, 1.54) is 0 Å². The monoisotopic (exact) mass is 202 g/mol. The van der Waals surface area contributed by atoms with Gasteiger partial charge in [-0.25, -0.2) is 0 Å². The third-order valence-corrected chi connectivity index (χ3v) is 2.62. The first kappa shape index (κ1) is 10.6. The van der Waals surface area contributed by atoms with E-state index in [0.717, 1.165) is 22.2 Å². The van der Waals surface area contributed by atoms with Crippen LogP contribution in [0.5, 0.6) is 0 Å². The largest absolute Gasteiger partial charge is 0.197 e. The molecule has 0 aromatic heterocycles. The predicted molar refractivity (Wildman–Crippen MR) is 56.6 cm³/mol. The lowest BCUT2D eigenvalue weighted by molar-refractivity contribution is 0.686. The molecule has 0 radical (unpaired) electrons. The van der Waals surface area contributed by atoms with Crippen molar-refractivity contribution in [1.29, 1.82) is 10.5 Å². The van der Waals surface area contributed by atoms with Gasteiger partial charge in [0.2, 0.25) is 0 Å². The Kier molecular flexibility index (Phi) is 3.17. The number of nitrogens with zero attached hydrogens (tertiary/aromatic N) is 2. The van der Waals surface area contributed by atoms with Crippen molar-refractivity contribution in [1.82, 2.24) is 0 Å². The molecule has 1 aromatic carbocycles. The van der Waals surface area contributed by atoms with Crippen LogP contribution < -0.4 is 0 Å². The van der Waals surface area contributed by atoms with Gasteiger partial charge in [0.25, 0.3) is 0 Å². The van der Waals surface area contributed by atoms with Crippen LogP contribution in [0.4, 0.5) is 0 Å². The zero-order chi connectivity index (χ0) is 10.6. The molecule has 0 aliphatic heterocycles. The molecule has 0 spiro atoms. The molecule has 0 unspecified atom stereocenters. The maximum Gasteiger partial charge on any atom is 0.138 e. The number of hydrogen-bond acceptors (Lipinski definition) is 3. The average Bonchev–Trinajstić information content (AvgIpc) is 2.19. The van der Waals surface area contributed by atoms with Crippen molar-refractivity contribution in [3.8, 4) is 11.5 Å². The SMILES string of the molecule is CC(C)(C#N)c1ccc(SC#N)cc1. The molecule has 3 heteroatoms. The van der Waals surface area contributed by atoms with Gasteiger partial charge in [-0.2, -0.15) is 10.5 Å². The molecule has 0 bridgehead atoms. The Labute approximate surface area is 88.2 Å². The minimum atomic E-state index is -0.462. The Bertz CT molecular complexity index is 393. The van der Waals surface area contributed by atoms with Crippen molar-refractivity contribution in [3.63, 3.8) is 0 Å². The van der Waals surface area contributed by atoms with Gasteiger partial charge in [0.15, 0.2) is 0 Å². The van der Waals surface area contributed by atoms with Crippen molar-refractivity contribution >= 4 is 11.8 Å². The maximum absolute atomic E-state index is 8.91. The van der Waals surface area contributed by atoms with Gasteiger partial charge in [0, 0.05) is 4.90 Å². The van der Waals surface area contributed by atoms with E-state index in [4.69, 9.17) is 10.5 Å². The number of nitriles is 2. The molecule has 2 nitrogen and oxygen atoms in total. The standard InChI is InChI=1S/C11H10N2S/c1-11(2,7-12)9-3-5-10(6-4-9)14-8-13/h3-6H,1-2H3. The molecule has 0 saturated carbocycles. The van der Waals surface area contributed by atoms with Crippen molar-refractivity contribution in [2.75, 3.05) is 0 Å². The Morgan fingerprint density at radius 1 is 1.14 bits per heavy atom. The maximum atomic E-state index is 8.91. The van der Waals surface area contributed by atoms with Gasteiger partial charge in [-0.05, 0) is 43.3 Å². The van der Waals surface area contributed by atoms with Gasteiger partial charge in [-0.1, -0.05) is 12.1 Å². The summed E-state index contributed by atoms with van der Waals surface area (Å²) in [6, 6.07) is 9.75. The molecule has 0 atom stereocenters. The Morgan fingerprint density at radius 2 is 1.71 bits per heavy atom. The van der Waals surface area contributed by atoms with E-state index >= 15 is 0 Å². The molecular weight excluding hydrogens is 192 g/mol. The lowest BCUT2D eigenvalue weighted by Gasteiger charge is -2.15. The van der Waals surface area contributed by atoms with Gasteiger partial charge >= 0.3 is 0 Å². The lowest BCUT2D eigenvalue weighted by atomic mass is 9.87. The van der Waals surface area contributed by atoms with Crippen LogP contribution in [0.2, 0.25) is 0 Å². The summed E-state index contributed by atoms with van der Waals surface area (Å²) in [6.45, 7) is 3.75. The summed E-state index contributed by atoms with van der Waals surface area (Å²) in [6.07, 6.45) is 0. The van der Waals surface area contributed by atoms with Crippen LogP contribution in [0.15, 0.2) is 29.2 Å². The second-order valence-corrected chi connectivity index (χ2v) is 4.31. The van der Waals surface area contributed by atoms with Crippen LogP contribution in [0, 0.1) is 22.0 Å². The molecule has 70 valence electrons. The fourth-order valence-electron chi connectivity index (χ4n) is 1.06. The van der Waals surface area contributed by atoms with Gasteiger partial charge in [0.05, 0.1) is 11.5 Å². The normalized spacial score (nSPS) is 10.3. The summed E-state index contributed by atoms with van der Waals surface area (Å²) < 4.78 is 0. The van der Waals surface area contributed by atoms with Crippen molar-refractivity contribution in [2.24, 2.45) is 0 Å². The highest BCUT2D eigenvalue weighted by Crippen LogP contribution is 2.25. The Balaban J connectivity index is 2.96. The van der Waals surface area contributed by atoms with Gasteiger partial charge in [0.1, 0.15) is 5.40 Å². The molecule has 0 fully saturated rings. The van der Waals surface area contributed by atoms with Gasteiger partial charge in [-0.15, -0.1) is 0 Å². The molecule has 0 saturated heterocycles. The lowest BCUT2D eigenvalue weighted by Crippen LogP contribution is -2.13. The Hall–Kier alpha value is -1.45. The zero-order valence-corrected chi connectivity index (χ0v) is 8.93. The number of thiocyanates is 1. The second-order valence-electron chi connectivity index (χ2n) is 3.45. The van der Waals surface area contributed by atoms with E-state index < -0.39 is 5.41 Å². The van der Waals surface area contributed by atoms with E-state index in [2.05, 4.69) is 6.07 Å². The third kappa shape index (κ3) is 2.28. The second kappa shape index (κ2) is 4.17. The van der Waals surface area contributed by atoms with Crippen molar-refractivity contribution < 1.29 is 0 Å². The smallest absolute Gasteiger partial charge is 0.138 e. The minimum absolute atomic E-state index is 0.462. The molecule has 0 amide bonds. The summed E-state index contributed by atoms with van der Waals surface area (Å²) in [5, 5.41) is 19.4. The first-order valence-electron chi connectivity index (χ1n) is 4.18. The van der Waals surface area contributed by atoms with Crippen molar-refractivity contribution in [3.05, 3.63) is 29.8 Å². The predicted octanol–water partition coefficient (Wildman–Crippen LogP) is 3.06. The number of benzene rings is 1. The van der Waals surface area contributed by atoms with Crippen LogP contribution in [-0.4, -0.2) is 0 Å². The molecule has 0 aliphatic carbocycles. The third-order valence-electron chi connectivity index (χ3n) is 2.02. The molecule has 1 aromatic rings. The molecular formula is C11H10N2S. The highest BCUT2D eigenvalue weighted by Gasteiger charge is 2.18. The molecule has 14 heavy (non-hydrogen) atoms. The summed E-state index contributed by atoms with van der Waals surface area (Å²) >= 11 is 1.12. The quantitative estimate of drug-likeness (QED) is 0.547. The van der Waals surface area contributed by atoms with Crippen molar-refractivity contribution in [2.45, 2.75) is 24.2 Å². The van der Waals surface area contributed by atoms with Crippen LogP contribution in [0.1, 0.15) is 19.4 Å². The van der Waals surface area contributed by atoms with E-state index in [1.807, 2.05) is 43.5 Å². The minimum Gasteiger partial charge on any atom is -0.197 e. The van der Waals surface area contributed by atoms with E-state index in [1.54, 1.807) is 0 Å². The summed E-state index contributed by atoms with van der Waals surface area (Å²) in [7, 11) is 0. The zero-order valence-electron chi connectivity index (χ0n) is 8.11. The van der Waals surface area contributed by atoms with Crippen LogP contribution in [0.25, 0.3) is 0 Å². The van der Waals surface area contributed by atoms with Gasteiger partial charge in [-0.3, -0.25) is 0 Å². The number of thioether (sulfide) groups is 1. The summed E-state index contributed by atoms with van der Waals surface area (Å²) in [5.74, 6) is 0. The van der Waals surface area contributed by atoms with E-state index in [9.17, 15) is 0 Å². The van der Waals surface area contributed by atoms with Crippen LogP contribution in [0.3, 0.4) is 0 Å². The molecule has 0 heterocycles. The fourth-order valence-corrected chi connectivity index (χ4v) is 1.43. The summed E-state index contributed by atoms with van der Waals surface area (Å²) in [5.41, 5.74) is 0.512. The van der Waals surface area contributed by atoms with E-state index in [-0.39, 0.29) is 0 Å². The highest BCUT2D eigenvalue weighted by molar-refractivity contribution is 8.03. The van der Waals surface area contributed by atoms with Crippen LogP contribution in [-0.2, 0) is 5.41 Å². The number of rotatable bonds is 2. The fraction of sp³-hybridized carbons (Fsp3) is 0.273. The summed E-state index contributed by atoms with van der Waals surface area (Å²) in [4.78, 5) is 0.907.